The van der Waals surface area contributed by atoms with Gasteiger partial charge in [0.15, 0.2) is 0 Å². The highest BCUT2D eigenvalue weighted by atomic mass is 35.5. The summed E-state index contributed by atoms with van der Waals surface area (Å²) in [5.41, 5.74) is 1.77. The van der Waals surface area contributed by atoms with Crippen LogP contribution in [0.5, 0.6) is 0 Å². The molecule has 6 nitrogen and oxygen atoms in total. The van der Waals surface area contributed by atoms with Gasteiger partial charge >= 0.3 is 12.0 Å². The molecule has 120 valence electrons. The molecule has 1 aromatic heterocycles. The van der Waals surface area contributed by atoms with E-state index in [2.05, 4.69) is 15.6 Å². The molecule has 0 aliphatic carbocycles. The third-order valence-corrected chi connectivity index (χ3v) is 3.29. The van der Waals surface area contributed by atoms with Crippen LogP contribution in [-0.4, -0.2) is 23.6 Å². The molecule has 0 saturated carbocycles. The van der Waals surface area contributed by atoms with Crippen LogP contribution in [0.2, 0.25) is 5.02 Å². The largest absolute Gasteiger partial charge is 0.462 e. The smallest absolute Gasteiger partial charge is 0.338 e. The molecule has 23 heavy (non-hydrogen) atoms. The van der Waals surface area contributed by atoms with Crippen molar-refractivity contribution in [1.82, 2.24) is 10.3 Å². The second kappa shape index (κ2) is 8.14. The van der Waals surface area contributed by atoms with Crippen molar-refractivity contribution in [3.05, 3.63) is 58.9 Å². The third kappa shape index (κ3) is 4.96. The second-order valence-electron chi connectivity index (χ2n) is 4.57. The van der Waals surface area contributed by atoms with E-state index in [1.165, 1.54) is 6.20 Å². The van der Waals surface area contributed by atoms with Gasteiger partial charge in [-0.25, -0.2) is 9.59 Å². The average Bonchev–Trinajstić information content (AvgIpc) is 2.55. The van der Waals surface area contributed by atoms with Gasteiger partial charge in [-0.05, 0) is 42.8 Å². The Morgan fingerprint density at radius 1 is 1.22 bits per heavy atom. The first kappa shape index (κ1) is 16.8. The molecule has 2 N–H and O–H groups in total. The van der Waals surface area contributed by atoms with E-state index in [1.807, 2.05) is 0 Å². The number of nitrogens with zero attached hydrogens (tertiary/aromatic N) is 1. The number of ether oxygens (including phenoxy) is 1. The predicted octanol–water partition coefficient (Wildman–Crippen LogP) is 3.23. The number of hydrogen-bond donors (Lipinski definition) is 2. The SMILES string of the molecule is CCOC(=O)c1ccc(NC(=O)NCc2ccncc2Cl)cc1. The Kier molecular flexibility index (Phi) is 5.94. The fourth-order valence-corrected chi connectivity index (χ4v) is 1.99. The van der Waals surface area contributed by atoms with Crippen LogP contribution in [0.3, 0.4) is 0 Å². The Morgan fingerprint density at radius 2 is 1.96 bits per heavy atom. The van der Waals surface area contributed by atoms with Crippen molar-refractivity contribution in [2.75, 3.05) is 11.9 Å². The van der Waals surface area contributed by atoms with Crippen molar-refractivity contribution in [3.63, 3.8) is 0 Å². The number of rotatable bonds is 5. The standard InChI is InChI=1S/C16H16ClN3O3/c1-2-23-15(21)11-3-5-13(6-4-11)20-16(22)19-9-12-7-8-18-10-14(12)17/h3-8,10H,2,9H2,1H3,(H2,19,20,22). The number of aromatic nitrogens is 1. The van der Waals surface area contributed by atoms with Gasteiger partial charge < -0.3 is 15.4 Å². The Balaban J connectivity index is 1.88. The molecule has 0 radical (unpaired) electrons. The van der Waals surface area contributed by atoms with E-state index >= 15 is 0 Å². The van der Waals surface area contributed by atoms with Crippen LogP contribution in [0, 0.1) is 0 Å². The lowest BCUT2D eigenvalue weighted by molar-refractivity contribution is 0.0526. The first-order valence-electron chi connectivity index (χ1n) is 7.00. The van der Waals surface area contributed by atoms with Crippen LogP contribution in [0.15, 0.2) is 42.7 Å². The molecule has 0 bridgehead atoms. The molecule has 7 heteroatoms. The third-order valence-electron chi connectivity index (χ3n) is 2.95. The summed E-state index contributed by atoms with van der Waals surface area (Å²) in [6.45, 7) is 2.35. The van der Waals surface area contributed by atoms with Crippen molar-refractivity contribution in [2.24, 2.45) is 0 Å². The van der Waals surface area contributed by atoms with Gasteiger partial charge in [0.1, 0.15) is 0 Å². The van der Waals surface area contributed by atoms with Crippen molar-refractivity contribution in [2.45, 2.75) is 13.5 Å². The molecule has 0 spiro atoms. The van der Waals surface area contributed by atoms with Gasteiger partial charge in [-0.3, -0.25) is 4.98 Å². The average molecular weight is 334 g/mol. The van der Waals surface area contributed by atoms with E-state index in [9.17, 15) is 9.59 Å². The van der Waals surface area contributed by atoms with Crippen LogP contribution in [0.4, 0.5) is 10.5 Å². The highest BCUT2D eigenvalue weighted by molar-refractivity contribution is 6.31. The zero-order valence-electron chi connectivity index (χ0n) is 12.5. The minimum Gasteiger partial charge on any atom is -0.462 e. The molecule has 1 aromatic carbocycles. The number of urea groups is 1. The summed E-state index contributed by atoms with van der Waals surface area (Å²) in [5, 5.41) is 5.85. The van der Waals surface area contributed by atoms with E-state index < -0.39 is 5.97 Å². The molecule has 0 aliphatic heterocycles. The van der Waals surface area contributed by atoms with E-state index in [-0.39, 0.29) is 12.6 Å². The predicted molar refractivity (Wildman–Crippen MR) is 87.5 cm³/mol. The molecule has 0 atom stereocenters. The summed E-state index contributed by atoms with van der Waals surface area (Å²) in [7, 11) is 0. The highest BCUT2D eigenvalue weighted by Crippen LogP contribution is 2.13. The number of esters is 1. The normalized spacial score (nSPS) is 10.0. The van der Waals surface area contributed by atoms with Crippen LogP contribution in [-0.2, 0) is 11.3 Å². The Morgan fingerprint density at radius 3 is 2.61 bits per heavy atom. The molecule has 0 unspecified atom stereocenters. The van der Waals surface area contributed by atoms with Crippen LogP contribution in [0.1, 0.15) is 22.8 Å². The van der Waals surface area contributed by atoms with Gasteiger partial charge in [0.25, 0.3) is 0 Å². The maximum atomic E-state index is 11.8. The first-order valence-corrected chi connectivity index (χ1v) is 7.38. The van der Waals surface area contributed by atoms with Crippen molar-refractivity contribution in [3.8, 4) is 0 Å². The van der Waals surface area contributed by atoms with Crippen LogP contribution in [0.25, 0.3) is 0 Å². The fraction of sp³-hybridized carbons (Fsp3) is 0.188. The molecule has 0 fully saturated rings. The maximum Gasteiger partial charge on any atom is 0.338 e. The lowest BCUT2D eigenvalue weighted by Gasteiger charge is -2.09. The number of hydrogen-bond acceptors (Lipinski definition) is 4. The summed E-state index contributed by atoms with van der Waals surface area (Å²) in [6, 6.07) is 7.80. The van der Waals surface area contributed by atoms with Gasteiger partial charge in [0, 0.05) is 24.6 Å². The number of carbonyl (C=O) groups excluding carboxylic acids is 2. The van der Waals surface area contributed by atoms with E-state index in [0.717, 1.165) is 5.56 Å². The molecule has 0 aliphatic rings. The number of benzene rings is 1. The summed E-state index contributed by atoms with van der Waals surface area (Å²) >= 11 is 5.96. The van der Waals surface area contributed by atoms with Gasteiger partial charge in [-0.2, -0.15) is 0 Å². The summed E-state index contributed by atoms with van der Waals surface area (Å²) < 4.78 is 4.89. The molecule has 2 aromatic rings. The summed E-state index contributed by atoms with van der Waals surface area (Å²) in [5.74, 6) is -0.393. The van der Waals surface area contributed by atoms with Gasteiger partial charge in [0.05, 0.1) is 17.2 Å². The van der Waals surface area contributed by atoms with Crippen LogP contribution < -0.4 is 10.6 Å². The molecule has 2 rings (SSSR count). The van der Waals surface area contributed by atoms with Crippen molar-refractivity contribution in [1.29, 1.82) is 0 Å². The maximum absolute atomic E-state index is 11.8. The number of anilines is 1. The summed E-state index contributed by atoms with van der Waals surface area (Å²) in [6.07, 6.45) is 3.12. The molecule has 1 heterocycles. The monoisotopic (exact) mass is 333 g/mol. The second-order valence-corrected chi connectivity index (χ2v) is 4.98. The Hall–Kier alpha value is -2.60. The van der Waals surface area contributed by atoms with E-state index in [1.54, 1.807) is 43.5 Å². The Bertz CT molecular complexity index is 689. The molecular weight excluding hydrogens is 318 g/mol. The minimum atomic E-state index is -0.393. The van der Waals surface area contributed by atoms with E-state index in [4.69, 9.17) is 16.3 Å². The van der Waals surface area contributed by atoms with Gasteiger partial charge in [0.2, 0.25) is 0 Å². The first-order chi connectivity index (χ1) is 11.1. The summed E-state index contributed by atoms with van der Waals surface area (Å²) in [4.78, 5) is 27.3. The Labute approximate surface area is 138 Å². The van der Waals surface area contributed by atoms with E-state index in [0.29, 0.717) is 22.9 Å². The lowest BCUT2D eigenvalue weighted by Crippen LogP contribution is -2.28. The highest BCUT2D eigenvalue weighted by Gasteiger charge is 2.07. The molecule has 0 saturated heterocycles. The topological polar surface area (TPSA) is 80.3 Å². The van der Waals surface area contributed by atoms with Gasteiger partial charge in [-0.1, -0.05) is 11.6 Å². The fourth-order valence-electron chi connectivity index (χ4n) is 1.80. The number of nitrogens with one attached hydrogen (secondary N) is 2. The molecular formula is C16H16ClN3O3. The quantitative estimate of drug-likeness (QED) is 0.823. The molecule has 2 amide bonds. The van der Waals surface area contributed by atoms with Crippen molar-refractivity contribution >= 4 is 29.3 Å². The van der Waals surface area contributed by atoms with Crippen molar-refractivity contribution < 1.29 is 14.3 Å². The number of halogens is 1. The number of carbonyl (C=O) groups is 2. The number of amides is 2. The zero-order valence-corrected chi connectivity index (χ0v) is 13.3. The minimum absolute atomic E-state index is 0.286. The van der Waals surface area contributed by atoms with Gasteiger partial charge in [-0.15, -0.1) is 0 Å². The zero-order chi connectivity index (χ0) is 16.7. The lowest BCUT2D eigenvalue weighted by atomic mass is 10.2. The van der Waals surface area contributed by atoms with Crippen LogP contribution >= 0.6 is 11.6 Å². The number of pyridine rings is 1.